The monoisotopic (exact) mass is 472 g/mol. The van der Waals surface area contributed by atoms with Crippen molar-refractivity contribution < 1.29 is 22.4 Å². The summed E-state index contributed by atoms with van der Waals surface area (Å²) in [5.74, 6) is -0.762. The summed E-state index contributed by atoms with van der Waals surface area (Å²) in [5.41, 5.74) is 1.83. The molecular formula is C23H25F2N7O2. The summed E-state index contributed by atoms with van der Waals surface area (Å²) in [6.07, 6.45) is 4.99. The molecule has 1 spiro atoms. The van der Waals surface area contributed by atoms with Crippen molar-refractivity contribution in [1.29, 1.82) is 0 Å². The molecule has 34 heavy (non-hydrogen) atoms. The summed E-state index contributed by atoms with van der Waals surface area (Å²) in [6, 6.07) is 4.98. The fourth-order valence-electron chi connectivity index (χ4n) is 5.03. The van der Waals surface area contributed by atoms with E-state index in [9.17, 15) is 4.39 Å². The van der Waals surface area contributed by atoms with Crippen LogP contribution in [0.2, 0.25) is 0 Å². The molecule has 0 radical (unpaired) electrons. The van der Waals surface area contributed by atoms with Gasteiger partial charge in [-0.3, -0.25) is 0 Å². The molecule has 0 amide bonds. The normalized spacial score (nSPS) is 19.6. The first kappa shape index (κ1) is 18.0. The number of rotatable bonds is 6. The minimum Gasteiger partial charge on any atom is -0.479 e. The third-order valence-electron chi connectivity index (χ3n) is 6.94. The predicted molar refractivity (Wildman–Crippen MR) is 121 cm³/mol. The quantitative estimate of drug-likeness (QED) is 0.458. The lowest BCUT2D eigenvalue weighted by Crippen LogP contribution is -2.47. The Morgan fingerprint density at radius 1 is 1.32 bits per heavy atom. The average Bonchev–Trinajstić information content (AvgIpc) is 3.37. The second-order valence-electron chi connectivity index (χ2n) is 9.10. The van der Waals surface area contributed by atoms with Gasteiger partial charge in [0.15, 0.2) is 5.82 Å². The predicted octanol–water partition coefficient (Wildman–Crippen LogP) is 3.63. The highest BCUT2D eigenvalue weighted by Gasteiger charge is 2.41. The van der Waals surface area contributed by atoms with Gasteiger partial charge in [-0.2, -0.15) is 4.98 Å². The van der Waals surface area contributed by atoms with Gasteiger partial charge in [0.1, 0.15) is 17.7 Å². The molecule has 3 aromatic heterocycles. The Hall–Kier alpha value is -3.34. The van der Waals surface area contributed by atoms with Crippen LogP contribution in [-0.4, -0.2) is 62.6 Å². The lowest BCUT2D eigenvalue weighted by atomic mass is 9.71. The lowest BCUT2D eigenvalue weighted by molar-refractivity contribution is -0.131. The molecule has 178 valence electrons. The Kier molecular flexibility index (Phi) is 4.33. The molecular weight excluding hydrogens is 444 g/mol. The number of benzene rings is 1. The largest absolute Gasteiger partial charge is 0.479 e. The van der Waals surface area contributed by atoms with Crippen molar-refractivity contribution in [3.8, 4) is 17.0 Å². The van der Waals surface area contributed by atoms with E-state index < -0.39 is 19.5 Å². The molecule has 1 saturated heterocycles. The Morgan fingerprint density at radius 3 is 2.91 bits per heavy atom. The number of hydrogen-bond acceptors (Lipinski definition) is 7. The highest BCUT2D eigenvalue weighted by atomic mass is 19.1. The number of ether oxygens (including phenoxy) is 2. The third kappa shape index (κ3) is 3.46. The number of hydrogen-bond donors (Lipinski definition) is 1. The molecule has 0 bridgehead atoms. The molecule has 0 unspecified atom stereocenters. The number of alkyl halides is 1. The summed E-state index contributed by atoms with van der Waals surface area (Å²) in [4.78, 5) is 4.35. The van der Waals surface area contributed by atoms with Gasteiger partial charge in [0, 0.05) is 11.5 Å². The molecule has 1 saturated carbocycles. The van der Waals surface area contributed by atoms with Crippen molar-refractivity contribution in [1.82, 2.24) is 29.6 Å². The highest BCUT2D eigenvalue weighted by Crippen LogP contribution is 2.43. The number of methoxy groups -OCH3 is 1. The number of anilines is 1. The fourth-order valence-corrected chi connectivity index (χ4v) is 5.03. The molecule has 4 aromatic rings. The fraction of sp³-hybridized carbons (Fsp3) is 0.478. The van der Waals surface area contributed by atoms with Crippen LogP contribution in [0.5, 0.6) is 5.88 Å². The van der Waals surface area contributed by atoms with Crippen molar-refractivity contribution in [2.45, 2.75) is 38.3 Å². The molecule has 0 atom stereocenters. The second-order valence-corrected chi connectivity index (χ2v) is 9.10. The van der Waals surface area contributed by atoms with Gasteiger partial charge in [0.2, 0.25) is 11.8 Å². The number of aryl methyl sites for hydroxylation is 1. The Balaban J connectivity index is 1.39. The second kappa shape index (κ2) is 8.15. The van der Waals surface area contributed by atoms with E-state index in [-0.39, 0.29) is 40.9 Å². The molecule has 2 aliphatic rings. The van der Waals surface area contributed by atoms with Crippen LogP contribution in [0.4, 0.5) is 14.7 Å². The highest BCUT2D eigenvalue weighted by molar-refractivity contribution is 5.89. The molecule has 1 aliphatic heterocycles. The van der Waals surface area contributed by atoms with Crippen LogP contribution >= 0.6 is 0 Å². The van der Waals surface area contributed by atoms with Crippen LogP contribution < -0.4 is 10.1 Å². The first-order valence-electron chi connectivity index (χ1n) is 12.8. The third-order valence-corrected chi connectivity index (χ3v) is 6.94. The maximum absolute atomic E-state index is 15.4. The number of fused-ring (bicyclic) bond motifs is 2. The van der Waals surface area contributed by atoms with E-state index in [0.717, 1.165) is 45.1 Å². The van der Waals surface area contributed by atoms with Crippen LogP contribution in [-0.2, 0) is 11.3 Å². The van der Waals surface area contributed by atoms with E-state index in [0.29, 0.717) is 16.6 Å². The van der Waals surface area contributed by atoms with Crippen LogP contribution in [0.3, 0.4) is 0 Å². The number of aromatic nitrogens is 6. The van der Waals surface area contributed by atoms with E-state index in [1.807, 2.05) is 0 Å². The maximum Gasteiger partial charge on any atom is 0.244 e. The average molecular weight is 473 g/mol. The zero-order valence-corrected chi connectivity index (χ0v) is 18.3. The van der Waals surface area contributed by atoms with Gasteiger partial charge in [0.25, 0.3) is 0 Å². The Labute approximate surface area is 198 Å². The standard InChI is InChI=1S/C23H25F2N7O2/c1-33-21-20-19(14-2-3-17-18(10-14)31(9-8-24)30-28-17)16(25)11-32(20)29-22(27-21)26-15-4-6-23(7-5-15)12-34-13-23/h2-3,10-11,15H,4-9,12-13H2,1H3,(H,26,29)/i1D3. The summed E-state index contributed by atoms with van der Waals surface area (Å²) in [7, 11) is -2.82. The van der Waals surface area contributed by atoms with Gasteiger partial charge < -0.3 is 14.8 Å². The van der Waals surface area contributed by atoms with E-state index in [1.165, 1.54) is 9.20 Å². The molecule has 1 aliphatic carbocycles. The van der Waals surface area contributed by atoms with Gasteiger partial charge >= 0.3 is 0 Å². The molecule has 11 heteroatoms. The summed E-state index contributed by atoms with van der Waals surface area (Å²) in [6.45, 7) is 0.948. The Morgan fingerprint density at radius 2 is 2.18 bits per heavy atom. The maximum atomic E-state index is 15.4. The van der Waals surface area contributed by atoms with Crippen molar-refractivity contribution in [3.63, 3.8) is 0 Å². The zero-order chi connectivity index (χ0) is 25.8. The van der Waals surface area contributed by atoms with Gasteiger partial charge in [-0.15, -0.1) is 10.2 Å². The number of nitrogens with zero attached hydrogens (tertiary/aromatic N) is 6. The van der Waals surface area contributed by atoms with Crippen LogP contribution in [0.1, 0.15) is 29.8 Å². The van der Waals surface area contributed by atoms with E-state index in [2.05, 4.69) is 25.7 Å². The van der Waals surface area contributed by atoms with Crippen molar-refractivity contribution in [2.75, 3.05) is 32.2 Å². The molecule has 4 heterocycles. The molecule has 1 N–H and O–H groups in total. The van der Waals surface area contributed by atoms with Gasteiger partial charge in [-0.05, 0) is 43.4 Å². The SMILES string of the molecule is [2H]C([2H])([2H])Oc1nc(NC2CCC3(CC2)COC3)nn2cc(F)c(-c3ccc4nnn(CCF)c4c3)c12. The first-order chi connectivity index (χ1) is 17.7. The molecule has 1 aromatic carbocycles. The minimum atomic E-state index is -2.82. The smallest absolute Gasteiger partial charge is 0.244 e. The van der Waals surface area contributed by atoms with Crippen molar-refractivity contribution >= 4 is 22.5 Å². The summed E-state index contributed by atoms with van der Waals surface area (Å²) in [5, 5.41) is 15.6. The minimum absolute atomic E-state index is 0.000192. The van der Waals surface area contributed by atoms with Crippen molar-refractivity contribution in [3.05, 3.63) is 30.2 Å². The van der Waals surface area contributed by atoms with Crippen molar-refractivity contribution in [2.24, 2.45) is 5.41 Å². The van der Waals surface area contributed by atoms with Gasteiger partial charge in [0.05, 0.1) is 48.2 Å². The zero-order valence-electron chi connectivity index (χ0n) is 21.3. The summed E-state index contributed by atoms with van der Waals surface area (Å²) < 4.78 is 64.5. The molecule has 6 rings (SSSR count). The van der Waals surface area contributed by atoms with E-state index >= 15 is 4.39 Å². The first-order valence-corrected chi connectivity index (χ1v) is 11.3. The van der Waals surface area contributed by atoms with Gasteiger partial charge in [-0.25, -0.2) is 18.0 Å². The number of halogens is 2. The summed E-state index contributed by atoms with van der Waals surface area (Å²) >= 11 is 0. The van der Waals surface area contributed by atoms with Crippen LogP contribution in [0.15, 0.2) is 24.4 Å². The topological polar surface area (TPSA) is 91.4 Å². The molecule has 9 nitrogen and oxygen atoms in total. The lowest BCUT2D eigenvalue weighted by Gasteiger charge is -2.46. The Bertz CT molecular complexity index is 1460. The van der Waals surface area contributed by atoms with Crippen LogP contribution in [0, 0.1) is 11.2 Å². The van der Waals surface area contributed by atoms with Gasteiger partial charge in [-0.1, -0.05) is 11.3 Å². The van der Waals surface area contributed by atoms with Crippen LogP contribution in [0.25, 0.3) is 27.7 Å². The number of nitrogens with one attached hydrogen (secondary N) is 1. The molecule has 2 fully saturated rings. The van der Waals surface area contributed by atoms with E-state index in [1.54, 1.807) is 18.2 Å². The van der Waals surface area contributed by atoms with E-state index in [4.69, 9.17) is 13.6 Å².